The SMILES string of the molecule is CCOc1cc(OC(F)(F)F)ccc1N. The second-order valence-electron chi connectivity index (χ2n) is 2.68. The van der Waals surface area contributed by atoms with Crippen LogP contribution in [-0.4, -0.2) is 13.0 Å². The largest absolute Gasteiger partial charge is 0.573 e. The van der Waals surface area contributed by atoms with Crippen molar-refractivity contribution in [1.29, 1.82) is 0 Å². The Bertz CT molecular complexity index is 339. The third-order valence-electron chi connectivity index (χ3n) is 1.52. The molecule has 1 aromatic carbocycles. The molecule has 0 aromatic heterocycles. The molecule has 0 radical (unpaired) electrons. The van der Waals surface area contributed by atoms with Gasteiger partial charge in [-0.2, -0.15) is 0 Å². The maximum atomic E-state index is 11.9. The van der Waals surface area contributed by atoms with E-state index in [0.29, 0.717) is 6.61 Å². The number of nitrogens with two attached hydrogens (primary N) is 1. The Morgan fingerprint density at radius 1 is 1.33 bits per heavy atom. The van der Waals surface area contributed by atoms with E-state index in [1.165, 1.54) is 6.07 Å². The van der Waals surface area contributed by atoms with Gasteiger partial charge in [-0.25, -0.2) is 0 Å². The fourth-order valence-electron chi connectivity index (χ4n) is 0.992. The molecule has 0 spiro atoms. The van der Waals surface area contributed by atoms with Gasteiger partial charge in [-0.3, -0.25) is 0 Å². The average Bonchev–Trinajstić information content (AvgIpc) is 2.09. The Morgan fingerprint density at radius 3 is 2.53 bits per heavy atom. The highest BCUT2D eigenvalue weighted by Gasteiger charge is 2.31. The standard InChI is InChI=1S/C9H10F3NO2/c1-2-14-8-5-6(3-4-7(8)13)15-9(10,11)12/h3-5H,2,13H2,1H3. The zero-order valence-corrected chi connectivity index (χ0v) is 7.97. The number of alkyl halides is 3. The predicted octanol–water partition coefficient (Wildman–Crippen LogP) is 2.57. The van der Waals surface area contributed by atoms with Crippen molar-refractivity contribution in [2.45, 2.75) is 13.3 Å². The van der Waals surface area contributed by atoms with Gasteiger partial charge in [0.1, 0.15) is 11.5 Å². The topological polar surface area (TPSA) is 44.5 Å². The molecule has 0 amide bonds. The summed E-state index contributed by atoms with van der Waals surface area (Å²) < 4.78 is 44.3. The predicted molar refractivity (Wildman–Crippen MR) is 48.7 cm³/mol. The Labute approximate surface area is 84.6 Å². The van der Waals surface area contributed by atoms with Gasteiger partial charge in [0.25, 0.3) is 0 Å². The van der Waals surface area contributed by atoms with Crippen LogP contribution in [0.15, 0.2) is 18.2 Å². The van der Waals surface area contributed by atoms with Crippen molar-refractivity contribution in [2.75, 3.05) is 12.3 Å². The van der Waals surface area contributed by atoms with Crippen molar-refractivity contribution in [3.63, 3.8) is 0 Å². The zero-order valence-electron chi connectivity index (χ0n) is 7.97. The Hall–Kier alpha value is -1.59. The summed E-state index contributed by atoms with van der Waals surface area (Å²) in [5, 5.41) is 0. The Kier molecular flexibility index (Phi) is 3.28. The lowest BCUT2D eigenvalue weighted by Crippen LogP contribution is -2.17. The normalized spacial score (nSPS) is 11.2. The summed E-state index contributed by atoms with van der Waals surface area (Å²) in [5.41, 5.74) is 5.75. The summed E-state index contributed by atoms with van der Waals surface area (Å²) in [6.07, 6.45) is -4.71. The second kappa shape index (κ2) is 4.29. The molecular weight excluding hydrogens is 211 g/mol. The molecule has 1 aromatic rings. The van der Waals surface area contributed by atoms with Crippen LogP contribution in [0, 0.1) is 0 Å². The van der Waals surface area contributed by atoms with Gasteiger partial charge in [0.2, 0.25) is 0 Å². The van der Waals surface area contributed by atoms with Crippen LogP contribution in [0.25, 0.3) is 0 Å². The molecule has 0 fully saturated rings. The third-order valence-corrected chi connectivity index (χ3v) is 1.52. The minimum Gasteiger partial charge on any atom is -0.492 e. The van der Waals surface area contributed by atoms with Gasteiger partial charge in [-0.05, 0) is 19.1 Å². The summed E-state index contributed by atoms with van der Waals surface area (Å²) in [4.78, 5) is 0. The van der Waals surface area contributed by atoms with Crippen molar-refractivity contribution in [2.24, 2.45) is 0 Å². The van der Waals surface area contributed by atoms with Crippen molar-refractivity contribution < 1.29 is 22.6 Å². The summed E-state index contributed by atoms with van der Waals surface area (Å²) in [7, 11) is 0. The number of anilines is 1. The second-order valence-corrected chi connectivity index (χ2v) is 2.68. The Balaban J connectivity index is 2.87. The van der Waals surface area contributed by atoms with Crippen molar-refractivity contribution in [3.8, 4) is 11.5 Å². The number of halogens is 3. The first kappa shape index (κ1) is 11.5. The highest BCUT2D eigenvalue weighted by molar-refractivity contribution is 5.55. The number of ether oxygens (including phenoxy) is 2. The highest BCUT2D eigenvalue weighted by atomic mass is 19.4. The number of rotatable bonds is 3. The minimum atomic E-state index is -4.71. The maximum Gasteiger partial charge on any atom is 0.573 e. The smallest absolute Gasteiger partial charge is 0.492 e. The summed E-state index contributed by atoms with van der Waals surface area (Å²) >= 11 is 0. The minimum absolute atomic E-state index is 0.180. The van der Waals surface area contributed by atoms with Gasteiger partial charge in [0.15, 0.2) is 0 Å². The van der Waals surface area contributed by atoms with Crippen molar-refractivity contribution in [3.05, 3.63) is 18.2 Å². The summed E-state index contributed by atoms with van der Waals surface area (Å²) in [5.74, 6) is -0.167. The number of hydrogen-bond donors (Lipinski definition) is 1. The zero-order chi connectivity index (χ0) is 11.5. The molecule has 0 bridgehead atoms. The first-order valence-corrected chi connectivity index (χ1v) is 4.20. The molecule has 0 atom stereocenters. The van der Waals surface area contributed by atoms with E-state index < -0.39 is 6.36 Å². The number of hydrogen-bond acceptors (Lipinski definition) is 3. The highest BCUT2D eigenvalue weighted by Crippen LogP contribution is 2.30. The van der Waals surface area contributed by atoms with E-state index in [4.69, 9.17) is 10.5 Å². The molecule has 0 aliphatic carbocycles. The lowest BCUT2D eigenvalue weighted by Gasteiger charge is -2.11. The van der Waals surface area contributed by atoms with Crippen LogP contribution in [0.5, 0.6) is 11.5 Å². The summed E-state index contributed by atoms with van der Waals surface area (Å²) in [6.45, 7) is 2.02. The molecule has 0 aliphatic heterocycles. The Morgan fingerprint density at radius 2 is 2.00 bits per heavy atom. The molecule has 0 saturated carbocycles. The van der Waals surface area contributed by atoms with Gasteiger partial charge < -0.3 is 15.2 Å². The molecule has 0 aliphatic rings. The van der Waals surface area contributed by atoms with Crippen LogP contribution in [0.2, 0.25) is 0 Å². The van der Waals surface area contributed by atoms with Crippen LogP contribution in [-0.2, 0) is 0 Å². The average molecular weight is 221 g/mol. The van der Waals surface area contributed by atoms with Gasteiger partial charge >= 0.3 is 6.36 Å². The van der Waals surface area contributed by atoms with Gasteiger partial charge in [0, 0.05) is 6.07 Å². The molecule has 3 nitrogen and oxygen atoms in total. The number of nitrogen functional groups attached to an aromatic ring is 1. The van der Waals surface area contributed by atoms with Gasteiger partial charge in [-0.15, -0.1) is 13.2 Å². The fraction of sp³-hybridized carbons (Fsp3) is 0.333. The van der Waals surface area contributed by atoms with Crippen LogP contribution >= 0.6 is 0 Å². The van der Waals surface area contributed by atoms with Crippen LogP contribution in [0.1, 0.15) is 6.92 Å². The van der Waals surface area contributed by atoms with Crippen molar-refractivity contribution >= 4 is 5.69 Å². The molecule has 0 saturated heterocycles. The third kappa shape index (κ3) is 3.57. The molecule has 1 rings (SSSR count). The van der Waals surface area contributed by atoms with E-state index in [0.717, 1.165) is 12.1 Å². The molecule has 84 valence electrons. The van der Waals surface area contributed by atoms with Crippen LogP contribution in [0.3, 0.4) is 0 Å². The lowest BCUT2D eigenvalue weighted by molar-refractivity contribution is -0.274. The van der Waals surface area contributed by atoms with E-state index in [2.05, 4.69) is 4.74 Å². The van der Waals surface area contributed by atoms with E-state index in [9.17, 15) is 13.2 Å². The quantitative estimate of drug-likeness (QED) is 0.798. The lowest BCUT2D eigenvalue weighted by atomic mass is 10.3. The molecule has 6 heteroatoms. The van der Waals surface area contributed by atoms with E-state index in [-0.39, 0.29) is 17.2 Å². The van der Waals surface area contributed by atoms with Gasteiger partial charge in [-0.1, -0.05) is 0 Å². The van der Waals surface area contributed by atoms with Gasteiger partial charge in [0.05, 0.1) is 12.3 Å². The maximum absolute atomic E-state index is 11.9. The molecule has 0 unspecified atom stereocenters. The summed E-state index contributed by atoms with van der Waals surface area (Å²) in [6, 6.07) is 3.53. The molecule has 0 heterocycles. The van der Waals surface area contributed by atoms with E-state index >= 15 is 0 Å². The van der Waals surface area contributed by atoms with Crippen LogP contribution < -0.4 is 15.2 Å². The molecular formula is C9H10F3NO2. The van der Waals surface area contributed by atoms with E-state index in [1.54, 1.807) is 6.92 Å². The number of benzene rings is 1. The molecule has 2 N–H and O–H groups in total. The fourth-order valence-corrected chi connectivity index (χ4v) is 0.992. The van der Waals surface area contributed by atoms with Crippen molar-refractivity contribution in [1.82, 2.24) is 0 Å². The molecule has 15 heavy (non-hydrogen) atoms. The first-order chi connectivity index (χ1) is 6.92. The monoisotopic (exact) mass is 221 g/mol. The van der Waals surface area contributed by atoms with Crippen LogP contribution in [0.4, 0.5) is 18.9 Å². The first-order valence-electron chi connectivity index (χ1n) is 4.20. The van der Waals surface area contributed by atoms with E-state index in [1.807, 2.05) is 0 Å².